The number of benzene rings is 3. The average Bonchev–Trinajstić information content (AvgIpc) is 3.18. The van der Waals surface area contributed by atoms with Crippen molar-refractivity contribution in [2.75, 3.05) is 31.0 Å². The van der Waals surface area contributed by atoms with Gasteiger partial charge in [-0.2, -0.15) is 0 Å². The highest BCUT2D eigenvalue weighted by atomic mass is 16.5. The molecule has 0 fully saturated rings. The van der Waals surface area contributed by atoms with Gasteiger partial charge in [-0.05, 0) is 41.8 Å². The second kappa shape index (κ2) is 9.03. The number of ether oxygens (including phenoxy) is 2. The van der Waals surface area contributed by atoms with Crippen molar-refractivity contribution in [1.29, 1.82) is 0 Å². The van der Waals surface area contributed by atoms with Gasteiger partial charge < -0.3 is 19.7 Å². The lowest BCUT2D eigenvalue weighted by molar-refractivity contribution is -0.117. The Labute approximate surface area is 209 Å². The Morgan fingerprint density at radius 3 is 2.33 bits per heavy atom. The van der Waals surface area contributed by atoms with Crippen LogP contribution in [-0.2, 0) is 4.79 Å². The summed E-state index contributed by atoms with van der Waals surface area (Å²) < 4.78 is 10.9. The average molecular weight is 486 g/mol. The van der Waals surface area contributed by atoms with E-state index in [-0.39, 0.29) is 24.3 Å². The molecule has 36 heavy (non-hydrogen) atoms. The maximum absolute atomic E-state index is 13.7. The Kier molecular flexibility index (Phi) is 5.88. The molecule has 1 unspecified atom stereocenters. The van der Waals surface area contributed by atoms with Crippen LogP contribution in [-0.4, -0.2) is 43.4 Å². The Morgan fingerprint density at radius 1 is 0.944 bits per heavy atom. The Bertz CT molecular complexity index is 1370. The number of hydrogen-bond donors (Lipinski definition) is 1. The van der Waals surface area contributed by atoms with Crippen LogP contribution >= 0.6 is 0 Å². The van der Waals surface area contributed by atoms with Crippen LogP contribution < -0.4 is 19.7 Å². The summed E-state index contributed by atoms with van der Waals surface area (Å²) in [5, 5.41) is 2.87. The summed E-state index contributed by atoms with van der Waals surface area (Å²) in [6.45, 7) is 3.97. The van der Waals surface area contributed by atoms with Crippen molar-refractivity contribution in [3.63, 3.8) is 0 Å². The van der Waals surface area contributed by atoms with Gasteiger partial charge in [0, 0.05) is 11.3 Å². The summed E-state index contributed by atoms with van der Waals surface area (Å²) >= 11 is 0. The second-order valence-corrected chi connectivity index (χ2v) is 9.09. The van der Waals surface area contributed by atoms with Gasteiger partial charge in [-0.15, -0.1) is 0 Å². The molecule has 0 saturated heterocycles. The summed E-state index contributed by atoms with van der Waals surface area (Å²) in [5.74, 6) is 0.0869. The van der Waals surface area contributed by atoms with Crippen molar-refractivity contribution in [1.82, 2.24) is 4.90 Å². The van der Waals surface area contributed by atoms with Crippen LogP contribution in [0.1, 0.15) is 57.8 Å². The van der Waals surface area contributed by atoms with Gasteiger partial charge in [0.1, 0.15) is 12.7 Å². The number of fused-ring (bicyclic) bond motifs is 5. The topological polar surface area (TPSA) is 88.2 Å². The number of hydrogen-bond acceptors (Lipinski definition) is 5. The Balaban J connectivity index is 1.53. The van der Waals surface area contributed by atoms with Crippen molar-refractivity contribution < 1.29 is 23.9 Å². The van der Waals surface area contributed by atoms with E-state index >= 15 is 0 Å². The van der Waals surface area contributed by atoms with Crippen LogP contribution in [0.25, 0.3) is 0 Å². The second-order valence-electron chi connectivity index (χ2n) is 9.09. The molecule has 0 saturated carbocycles. The first-order valence-corrected chi connectivity index (χ1v) is 11.7. The van der Waals surface area contributed by atoms with Gasteiger partial charge in [-0.1, -0.05) is 44.2 Å². The van der Waals surface area contributed by atoms with E-state index in [0.29, 0.717) is 45.5 Å². The summed E-state index contributed by atoms with van der Waals surface area (Å²) in [4.78, 5) is 43.4. The molecule has 1 atom stereocenters. The zero-order valence-electron chi connectivity index (χ0n) is 20.6. The molecule has 184 valence electrons. The van der Waals surface area contributed by atoms with E-state index in [1.807, 2.05) is 24.3 Å². The van der Waals surface area contributed by atoms with E-state index < -0.39 is 6.17 Å². The van der Waals surface area contributed by atoms with Crippen LogP contribution in [0.5, 0.6) is 11.5 Å². The highest BCUT2D eigenvalue weighted by molar-refractivity contribution is 6.18. The van der Waals surface area contributed by atoms with Crippen molar-refractivity contribution in [2.45, 2.75) is 25.9 Å². The fourth-order valence-corrected chi connectivity index (χ4v) is 4.89. The number of carbonyl (C=O) groups is 3. The molecule has 8 nitrogen and oxygen atoms in total. The first kappa shape index (κ1) is 23.4. The minimum absolute atomic E-state index is 0.235. The third-order valence-corrected chi connectivity index (χ3v) is 6.66. The standard InChI is InChI=1S/C28H27N3O5/c1-16(2)17-9-11-18(12-10-17)29-23(32)15-30-26-20-13-14-22(35-3)25(36-4)24(20)28(34)31(26)21-8-6-5-7-19(21)27(30)33/h5-14,16,26H,15H2,1-4H3,(H,29,32). The number of anilines is 2. The minimum Gasteiger partial charge on any atom is -0.493 e. The number of rotatable bonds is 6. The van der Waals surface area contributed by atoms with Crippen LogP contribution in [0, 0.1) is 0 Å². The molecule has 3 aromatic carbocycles. The predicted molar refractivity (Wildman–Crippen MR) is 136 cm³/mol. The van der Waals surface area contributed by atoms with E-state index in [4.69, 9.17) is 9.47 Å². The molecule has 2 aliphatic heterocycles. The van der Waals surface area contributed by atoms with Crippen LogP contribution in [0.4, 0.5) is 11.4 Å². The predicted octanol–water partition coefficient (Wildman–Crippen LogP) is 4.58. The Hall–Kier alpha value is -4.33. The smallest absolute Gasteiger partial charge is 0.264 e. The van der Waals surface area contributed by atoms with Gasteiger partial charge in [0.05, 0.1) is 31.0 Å². The molecule has 8 heteroatoms. The lowest BCUT2D eigenvalue weighted by Gasteiger charge is -2.40. The van der Waals surface area contributed by atoms with Crippen molar-refractivity contribution in [3.05, 3.63) is 82.9 Å². The molecule has 0 bridgehead atoms. The van der Waals surface area contributed by atoms with Crippen molar-refractivity contribution in [3.8, 4) is 11.5 Å². The van der Waals surface area contributed by atoms with Crippen LogP contribution in [0.2, 0.25) is 0 Å². The SMILES string of the molecule is COc1ccc2c(c1OC)C(=O)N1c3ccccc3C(=O)N(CC(=O)Nc3ccc(C(C)C)cc3)C21. The van der Waals surface area contributed by atoms with Gasteiger partial charge in [0.15, 0.2) is 11.5 Å². The van der Waals surface area contributed by atoms with E-state index in [9.17, 15) is 14.4 Å². The molecule has 0 spiro atoms. The third kappa shape index (κ3) is 3.66. The molecule has 0 aliphatic carbocycles. The third-order valence-electron chi connectivity index (χ3n) is 6.66. The molecule has 3 amide bonds. The summed E-state index contributed by atoms with van der Waals surface area (Å²) in [7, 11) is 2.97. The molecule has 2 aliphatic rings. The van der Waals surface area contributed by atoms with Gasteiger partial charge in [-0.3, -0.25) is 19.3 Å². The van der Waals surface area contributed by atoms with Gasteiger partial charge >= 0.3 is 0 Å². The Morgan fingerprint density at radius 2 is 1.67 bits per heavy atom. The number of amides is 3. The zero-order chi connectivity index (χ0) is 25.6. The van der Waals surface area contributed by atoms with Crippen LogP contribution in [0.3, 0.4) is 0 Å². The fraction of sp³-hybridized carbons (Fsp3) is 0.250. The van der Waals surface area contributed by atoms with E-state index in [1.54, 1.807) is 41.3 Å². The number of para-hydroxylation sites is 1. The van der Waals surface area contributed by atoms with Crippen molar-refractivity contribution >= 4 is 29.1 Å². The molecule has 0 aromatic heterocycles. The lowest BCUT2D eigenvalue weighted by atomic mass is 10.0. The van der Waals surface area contributed by atoms with E-state index in [1.165, 1.54) is 19.1 Å². The van der Waals surface area contributed by atoms with E-state index in [0.717, 1.165) is 5.56 Å². The highest BCUT2D eigenvalue weighted by Crippen LogP contribution is 2.49. The molecule has 3 aromatic rings. The largest absolute Gasteiger partial charge is 0.493 e. The lowest BCUT2D eigenvalue weighted by Crippen LogP contribution is -2.50. The maximum atomic E-state index is 13.7. The number of carbonyl (C=O) groups excluding carboxylic acids is 3. The van der Waals surface area contributed by atoms with Crippen LogP contribution in [0.15, 0.2) is 60.7 Å². The zero-order valence-corrected chi connectivity index (χ0v) is 20.6. The molecule has 2 heterocycles. The van der Waals surface area contributed by atoms with Gasteiger partial charge in [-0.25, -0.2) is 0 Å². The quantitative estimate of drug-likeness (QED) is 0.552. The molecular formula is C28H27N3O5. The molecule has 1 N–H and O–H groups in total. The molecule has 5 rings (SSSR count). The minimum atomic E-state index is -0.788. The first-order valence-electron chi connectivity index (χ1n) is 11.7. The number of methoxy groups -OCH3 is 2. The summed E-state index contributed by atoms with van der Waals surface area (Å²) in [5.41, 5.74) is 3.55. The van der Waals surface area contributed by atoms with Crippen molar-refractivity contribution in [2.24, 2.45) is 0 Å². The normalized spacial score (nSPS) is 16.0. The summed E-state index contributed by atoms with van der Waals surface area (Å²) in [6, 6.07) is 18.0. The first-order chi connectivity index (χ1) is 17.3. The maximum Gasteiger partial charge on any atom is 0.264 e. The van der Waals surface area contributed by atoms with Gasteiger partial charge in [0.2, 0.25) is 5.91 Å². The summed E-state index contributed by atoms with van der Waals surface area (Å²) in [6.07, 6.45) is -0.788. The highest BCUT2D eigenvalue weighted by Gasteiger charge is 2.50. The monoisotopic (exact) mass is 485 g/mol. The molecular weight excluding hydrogens is 458 g/mol. The molecule has 0 radical (unpaired) electrons. The fourth-order valence-electron chi connectivity index (χ4n) is 4.89. The van der Waals surface area contributed by atoms with E-state index in [2.05, 4.69) is 19.2 Å². The number of nitrogens with one attached hydrogen (secondary N) is 1. The number of nitrogens with zero attached hydrogens (tertiary/aromatic N) is 2. The van der Waals surface area contributed by atoms with Gasteiger partial charge in [0.25, 0.3) is 11.8 Å².